The van der Waals surface area contributed by atoms with Gasteiger partial charge in [-0.15, -0.1) is 0 Å². The summed E-state index contributed by atoms with van der Waals surface area (Å²) in [4.78, 5) is 28.2. The van der Waals surface area contributed by atoms with Crippen molar-refractivity contribution in [2.24, 2.45) is 5.92 Å². The molecule has 0 aliphatic rings. The smallest absolute Gasteiger partial charge is 0.306 e. The second kappa shape index (κ2) is 8.93. The lowest BCUT2D eigenvalue weighted by Gasteiger charge is -2.11. The van der Waals surface area contributed by atoms with Crippen molar-refractivity contribution in [1.29, 1.82) is 0 Å². The average Bonchev–Trinajstić information content (AvgIpc) is 3.01. The van der Waals surface area contributed by atoms with Crippen LogP contribution in [0.5, 0.6) is 0 Å². The number of aromatic nitrogens is 2. The van der Waals surface area contributed by atoms with Crippen LogP contribution in [-0.2, 0) is 28.3 Å². The van der Waals surface area contributed by atoms with Crippen molar-refractivity contribution in [3.8, 4) is 0 Å². The highest BCUT2D eigenvalue weighted by Gasteiger charge is 2.14. The van der Waals surface area contributed by atoms with Gasteiger partial charge >= 0.3 is 5.97 Å². The summed E-state index contributed by atoms with van der Waals surface area (Å²) in [7, 11) is 0. The number of carboxylic acid groups (broad SMARTS) is 1. The van der Waals surface area contributed by atoms with Gasteiger partial charge in [0.15, 0.2) is 0 Å². The van der Waals surface area contributed by atoms with Crippen molar-refractivity contribution < 1.29 is 14.7 Å². The highest BCUT2D eigenvalue weighted by atomic mass is 32.2. The average molecular weight is 398 g/mol. The number of nitrogens with one attached hydrogen (secondary N) is 1. The highest BCUT2D eigenvalue weighted by Crippen LogP contribution is 2.19. The zero-order valence-corrected chi connectivity index (χ0v) is 16.7. The van der Waals surface area contributed by atoms with Crippen molar-refractivity contribution in [3.63, 3.8) is 0 Å². The molecule has 3 aromatic rings. The van der Waals surface area contributed by atoms with Crippen LogP contribution < -0.4 is 5.32 Å². The van der Waals surface area contributed by atoms with E-state index in [-0.39, 0.29) is 12.5 Å². The van der Waals surface area contributed by atoms with Gasteiger partial charge in [-0.3, -0.25) is 9.59 Å². The fourth-order valence-corrected chi connectivity index (χ4v) is 3.53. The molecule has 6 nitrogen and oxygen atoms in total. The summed E-state index contributed by atoms with van der Waals surface area (Å²) in [6.45, 7) is 1.87. The Morgan fingerprint density at radius 3 is 2.57 bits per heavy atom. The molecule has 1 atom stereocenters. The van der Waals surface area contributed by atoms with Gasteiger partial charge in [-0.1, -0.05) is 31.2 Å². The van der Waals surface area contributed by atoms with Gasteiger partial charge in [0, 0.05) is 5.69 Å². The maximum absolute atomic E-state index is 12.6. The lowest BCUT2D eigenvalue weighted by atomic mass is 10.0. The topological polar surface area (TPSA) is 84.2 Å². The maximum atomic E-state index is 12.6. The Hall–Kier alpha value is -2.80. The summed E-state index contributed by atoms with van der Waals surface area (Å²) in [5.74, 6) is 0.230. The van der Waals surface area contributed by atoms with Crippen LogP contribution in [0.25, 0.3) is 11.0 Å². The first-order valence-electron chi connectivity index (χ1n) is 9.02. The van der Waals surface area contributed by atoms with E-state index in [1.54, 1.807) is 30.8 Å². The van der Waals surface area contributed by atoms with E-state index in [4.69, 9.17) is 5.11 Å². The van der Waals surface area contributed by atoms with Gasteiger partial charge in [-0.05, 0) is 42.5 Å². The summed E-state index contributed by atoms with van der Waals surface area (Å²) < 4.78 is 1.95. The minimum absolute atomic E-state index is 0.128. The van der Waals surface area contributed by atoms with Crippen molar-refractivity contribution in [2.45, 2.75) is 25.6 Å². The number of para-hydroxylation sites is 2. The fourth-order valence-electron chi connectivity index (χ4n) is 3.05. The first-order chi connectivity index (χ1) is 13.5. The van der Waals surface area contributed by atoms with Gasteiger partial charge in [-0.2, -0.15) is 11.8 Å². The number of carboxylic acids is 1. The molecular formula is C21H23N3O3S. The lowest BCUT2D eigenvalue weighted by Crippen LogP contribution is -2.20. The number of aliphatic carboxylic acids is 1. The maximum Gasteiger partial charge on any atom is 0.306 e. The number of anilines is 1. The van der Waals surface area contributed by atoms with Gasteiger partial charge in [0.1, 0.15) is 12.4 Å². The molecule has 0 aliphatic carbocycles. The van der Waals surface area contributed by atoms with E-state index in [9.17, 15) is 9.59 Å². The van der Waals surface area contributed by atoms with Crippen LogP contribution in [0.2, 0.25) is 0 Å². The Kier molecular flexibility index (Phi) is 6.36. The first-order valence-corrected chi connectivity index (χ1v) is 10.4. The van der Waals surface area contributed by atoms with E-state index >= 15 is 0 Å². The number of hydrogen-bond donors (Lipinski definition) is 2. The van der Waals surface area contributed by atoms with E-state index in [1.807, 2.05) is 47.2 Å². The number of hydrogen-bond acceptors (Lipinski definition) is 4. The molecule has 0 radical (unpaired) electrons. The number of carbonyl (C=O) groups excluding carboxylic acids is 1. The van der Waals surface area contributed by atoms with Crippen LogP contribution in [-0.4, -0.2) is 32.8 Å². The molecule has 1 aromatic heterocycles. The Morgan fingerprint density at radius 2 is 1.89 bits per heavy atom. The summed E-state index contributed by atoms with van der Waals surface area (Å²) >= 11 is 1.67. The van der Waals surface area contributed by atoms with E-state index in [2.05, 4.69) is 10.3 Å². The number of fused-ring (bicyclic) bond motifs is 1. The number of thioether (sulfide) groups is 1. The molecule has 1 unspecified atom stereocenters. The fraction of sp³-hybridized carbons (Fsp3) is 0.286. The predicted octanol–water partition coefficient (Wildman–Crippen LogP) is 3.80. The van der Waals surface area contributed by atoms with E-state index in [1.165, 1.54) is 0 Å². The van der Waals surface area contributed by atoms with Crippen molar-refractivity contribution in [2.75, 3.05) is 11.6 Å². The predicted molar refractivity (Wildman–Crippen MR) is 113 cm³/mol. The molecule has 0 fully saturated rings. The summed E-state index contributed by atoms with van der Waals surface area (Å²) in [6.07, 6.45) is 2.47. The zero-order valence-electron chi connectivity index (χ0n) is 15.9. The summed E-state index contributed by atoms with van der Waals surface area (Å²) in [5.41, 5.74) is 3.44. The largest absolute Gasteiger partial charge is 0.481 e. The molecule has 0 saturated carbocycles. The van der Waals surface area contributed by atoms with Crippen LogP contribution in [0.15, 0.2) is 48.5 Å². The van der Waals surface area contributed by atoms with E-state index in [0.717, 1.165) is 28.2 Å². The van der Waals surface area contributed by atoms with Crippen LogP contribution in [0.4, 0.5) is 5.69 Å². The standard InChI is InChI=1S/C21H23N3O3S/c1-14(21(26)27)11-15-7-9-16(10-8-15)22-20(25)12-24-18-6-4-3-5-17(18)23-19(24)13-28-2/h3-10,14H,11-13H2,1-2H3,(H,22,25)(H,26,27). The van der Waals surface area contributed by atoms with Crippen LogP contribution in [0.3, 0.4) is 0 Å². The summed E-state index contributed by atoms with van der Waals surface area (Å²) in [5, 5.41) is 11.9. The number of imidazole rings is 1. The number of benzene rings is 2. The molecule has 0 spiro atoms. The van der Waals surface area contributed by atoms with Gasteiger partial charge in [0.05, 0.1) is 22.7 Å². The molecule has 1 heterocycles. The Balaban J connectivity index is 1.70. The molecule has 146 valence electrons. The Morgan fingerprint density at radius 1 is 1.18 bits per heavy atom. The van der Waals surface area contributed by atoms with Crippen molar-refractivity contribution in [1.82, 2.24) is 9.55 Å². The van der Waals surface area contributed by atoms with E-state index in [0.29, 0.717) is 12.1 Å². The minimum atomic E-state index is -0.814. The molecule has 2 aromatic carbocycles. The highest BCUT2D eigenvalue weighted by molar-refractivity contribution is 7.97. The van der Waals surface area contributed by atoms with Crippen LogP contribution in [0, 0.1) is 5.92 Å². The molecule has 28 heavy (non-hydrogen) atoms. The molecule has 7 heteroatoms. The molecule has 1 amide bonds. The third-order valence-corrected chi connectivity index (χ3v) is 5.06. The Bertz CT molecular complexity index is 982. The number of carbonyl (C=O) groups is 2. The second-order valence-corrected chi connectivity index (χ2v) is 7.59. The van der Waals surface area contributed by atoms with Gasteiger partial charge in [-0.25, -0.2) is 4.98 Å². The van der Waals surface area contributed by atoms with Crippen molar-refractivity contribution >= 4 is 40.4 Å². The molecule has 3 rings (SSSR count). The Labute approximate surface area is 168 Å². The van der Waals surface area contributed by atoms with Gasteiger partial charge in [0.25, 0.3) is 0 Å². The third kappa shape index (κ3) is 4.72. The molecular weight excluding hydrogens is 374 g/mol. The van der Waals surface area contributed by atoms with Crippen LogP contribution in [0.1, 0.15) is 18.3 Å². The normalized spacial score (nSPS) is 12.1. The molecule has 0 bridgehead atoms. The van der Waals surface area contributed by atoms with Gasteiger partial charge in [0.2, 0.25) is 5.91 Å². The minimum Gasteiger partial charge on any atom is -0.481 e. The van der Waals surface area contributed by atoms with Crippen LogP contribution >= 0.6 is 11.8 Å². The lowest BCUT2D eigenvalue weighted by molar-refractivity contribution is -0.141. The number of nitrogens with zero attached hydrogens (tertiary/aromatic N) is 2. The summed E-state index contributed by atoms with van der Waals surface area (Å²) in [6, 6.07) is 15.1. The molecule has 0 aliphatic heterocycles. The van der Waals surface area contributed by atoms with Crippen molar-refractivity contribution in [3.05, 3.63) is 59.9 Å². The second-order valence-electron chi connectivity index (χ2n) is 6.72. The third-order valence-electron chi connectivity index (χ3n) is 4.51. The number of amides is 1. The molecule has 2 N–H and O–H groups in total. The molecule has 0 saturated heterocycles. The SMILES string of the molecule is CSCc1nc2ccccc2n1CC(=O)Nc1ccc(CC(C)C(=O)O)cc1. The van der Waals surface area contributed by atoms with Gasteiger partial charge < -0.3 is 15.0 Å². The quantitative estimate of drug-likeness (QED) is 0.604. The number of rotatable bonds is 8. The monoisotopic (exact) mass is 397 g/mol. The first kappa shape index (κ1) is 19.9. The van der Waals surface area contributed by atoms with E-state index < -0.39 is 11.9 Å². The zero-order chi connectivity index (χ0) is 20.1.